The summed E-state index contributed by atoms with van der Waals surface area (Å²) >= 11 is 6.13. The predicted molar refractivity (Wildman–Crippen MR) is 329 cm³/mol. The molecule has 14 heteroatoms. The zero-order valence-electron chi connectivity index (χ0n) is 47.4. The number of nitrogens with zero attached hydrogens (tertiary/aromatic N) is 2. The highest BCUT2D eigenvalue weighted by Crippen LogP contribution is 2.44. The van der Waals surface area contributed by atoms with E-state index in [0.29, 0.717) is 5.02 Å². The normalized spacial score (nSPS) is 18.8. The van der Waals surface area contributed by atoms with Crippen LogP contribution in [-0.2, 0) is 27.9 Å². The van der Waals surface area contributed by atoms with E-state index in [-0.39, 0.29) is 33.6 Å². The molecule has 0 bridgehead atoms. The third-order valence-corrected chi connectivity index (χ3v) is 18.1. The number of aromatic nitrogens is 2. The van der Waals surface area contributed by atoms with Crippen LogP contribution in [0.4, 0.5) is 0 Å². The van der Waals surface area contributed by atoms with E-state index in [0.717, 1.165) is 60.7 Å². The topological polar surface area (TPSA) is 91.5 Å². The maximum atomic E-state index is 6.28. The van der Waals surface area contributed by atoms with Gasteiger partial charge in [-0.05, 0) is 167 Å². The summed E-state index contributed by atoms with van der Waals surface area (Å²) < 4.78 is 53.3. The van der Waals surface area contributed by atoms with Crippen molar-refractivity contribution in [2.75, 3.05) is 0 Å². The van der Waals surface area contributed by atoms with Gasteiger partial charge in [-0.2, -0.15) is 0 Å². The molecule has 10 nitrogen and oxygen atoms in total. The van der Waals surface area contributed by atoms with Crippen LogP contribution in [0, 0.1) is 0 Å². The molecule has 0 amide bonds. The second kappa shape index (κ2) is 18.6. The van der Waals surface area contributed by atoms with Crippen LogP contribution >= 0.6 is 11.6 Å². The minimum Gasteiger partial charge on any atom is -0.456 e. The predicted octanol–water partition coefficient (Wildman–Crippen LogP) is 16.6. The van der Waals surface area contributed by atoms with Gasteiger partial charge >= 0.3 is 21.1 Å². The Morgan fingerprint density at radius 2 is 0.650 bits per heavy atom. The van der Waals surface area contributed by atoms with Gasteiger partial charge in [0.15, 0.2) is 0 Å². The van der Waals surface area contributed by atoms with Crippen molar-refractivity contribution in [3.05, 3.63) is 175 Å². The zero-order chi connectivity index (χ0) is 55.9. The third-order valence-electron chi connectivity index (χ3n) is 17.9. The fraction of sp³-hybridized carbons (Fsp3) is 0.273. The summed E-state index contributed by atoms with van der Waals surface area (Å²) in [6, 6.07) is 59.1. The molecule has 0 spiro atoms. The van der Waals surface area contributed by atoms with E-state index in [2.05, 4.69) is 182 Å². The van der Waals surface area contributed by atoms with Crippen molar-refractivity contribution < 1.29 is 36.8 Å². The molecule has 0 N–H and O–H groups in total. The number of hydrogen-bond acceptors (Lipinski definition) is 8. The number of fused-ring (bicyclic) bond motifs is 12. The first-order valence-corrected chi connectivity index (χ1v) is 28.0. The third kappa shape index (κ3) is 8.58. The molecular weight excluding hydrogens is 1020 g/mol. The maximum absolute atomic E-state index is 6.28. The highest BCUT2D eigenvalue weighted by molar-refractivity contribution is 7.11. The van der Waals surface area contributed by atoms with Crippen molar-refractivity contribution in [2.45, 2.75) is 117 Å². The van der Waals surface area contributed by atoms with E-state index in [1.165, 1.54) is 43.6 Å². The van der Waals surface area contributed by atoms with Crippen molar-refractivity contribution in [2.24, 2.45) is 0 Å². The van der Waals surface area contributed by atoms with Crippen LogP contribution in [0.25, 0.3) is 98.9 Å². The van der Waals surface area contributed by atoms with E-state index in [9.17, 15) is 0 Å². The highest BCUT2D eigenvalue weighted by atomic mass is 35.5. The Labute approximate surface area is 472 Å². The maximum Gasteiger partial charge on any atom is 0.494 e. The first kappa shape index (κ1) is 52.6. The van der Waals surface area contributed by atoms with Gasteiger partial charge in [-0.15, -0.1) is 0 Å². The van der Waals surface area contributed by atoms with Crippen LogP contribution < -0.4 is 5.46 Å². The first-order valence-electron chi connectivity index (χ1n) is 27.6. The fourth-order valence-corrected chi connectivity index (χ4v) is 11.5. The number of para-hydroxylation sites is 4. The molecule has 3 fully saturated rings. The molecule has 7 heterocycles. The van der Waals surface area contributed by atoms with Gasteiger partial charge in [-0.25, -0.2) is 0 Å². The van der Waals surface area contributed by atoms with Crippen LogP contribution in [0.5, 0.6) is 0 Å². The molecule has 0 unspecified atom stereocenters. The molecule has 8 aromatic carbocycles. The molecular formula is C66H64B3ClN2O8. The lowest BCUT2D eigenvalue weighted by Crippen LogP contribution is -2.41. The molecule has 15 rings (SSSR count). The number of halogens is 1. The quantitative estimate of drug-likeness (QED) is 0.161. The van der Waals surface area contributed by atoms with Gasteiger partial charge < -0.3 is 45.9 Å². The Morgan fingerprint density at radius 3 is 1.04 bits per heavy atom. The lowest BCUT2D eigenvalue weighted by molar-refractivity contribution is 0.00578. The SMILES string of the molecule is CC1(C)OB(B2OC(C)(C)C(C)(C)O2)OC1(C)C.CC1(C)OB(c2ccc3c(c2)oc2ccc(-n4c5ccccc5c5ccccc54)cc23)OC1(C)C.Clc1ccc2c(c1)oc1ccc(-n3c4ccccc4c4ccccc43)cc12. The summed E-state index contributed by atoms with van der Waals surface area (Å²) in [4.78, 5) is 0. The van der Waals surface area contributed by atoms with Crippen molar-refractivity contribution in [1.82, 2.24) is 9.13 Å². The van der Waals surface area contributed by atoms with Crippen LogP contribution in [0.2, 0.25) is 5.02 Å². The van der Waals surface area contributed by atoms with Crippen LogP contribution in [0.1, 0.15) is 83.1 Å². The summed E-state index contributed by atoms with van der Waals surface area (Å²) in [6.07, 6.45) is 0. The molecule has 3 aliphatic heterocycles. The number of furan rings is 2. The molecule has 3 saturated heterocycles. The molecule has 0 aliphatic carbocycles. The van der Waals surface area contributed by atoms with E-state index in [1.807, 2.05) is 79.7 Å². The number of rotatable bonds is 4. The lowest BCUT2D eigenvalue weighted by Gasteiger charge is -2.32. The minimum atomic E-state index is -0.476. The summed E-state index contributed by atoms with van der Waals surface area (Å²) in [5, 5.41) is 10.1. The van der Waals surface area contributed by atoms with Crippen LogP contribution in [0.3, 0.4) is 0 Å². The summed E-state index contributed by atoms with van der Waals surface area (Å²) in [5.74, 6) is 0. The fourth-order valence-electron chi connectivity index (χ4n) is 11.3. The molecule has 4 aromatic heterocycles. The largest absolute Gasteiger partial charge is 0.494 e. The molecule has 0 saturated carbocycles. The van der Waals surface area contributed by atoms with Crippen molar-refractivity contribution in [1.29, 1.82) is 0 Å². The van der Waals surface area contributed by atoms with Crippen LogP contribution in [-0.4, -0.2) is 63.9 Å². The van der Waals surface area contributed by atoms with Crippen molar-refractivity contribution >= 4 is 126 Å². The van der Waals surface area contributed by atoms with Crippen molar-refractivity contribution in [3.63, 3.8) is 0 Å². The van der Waals surface area contributed by atoms with Crippen molar-refractivity contribution in [3.8, 4) is 11.4 Å². The van der Waals surface area contributed by atoms with E-state index >= 15 is 0 Å². The highest BCUT2D eigenvalue weighted by Gasteiger charge is 2.64. The van der Waals surface area contributed by atoms with Crippen LogP contribution in [0.15, 0.2) is 179 Å². The smallest absolute Gasteiger partial charge is 0.456 e. The Balaban J connectivity index is 0.000000120. The first-order chi connectivity index (χ1) is 38.0. The zero-order valence-corrected chi connectivity index (χ0v) is 48.2. The summed E-state index contributed by atoms with van der Waals surface area (Å²) in [5.41, 5.74) is 9.22. The minimum absolute atomic E-state index is 0.360. The number of benzene rings is 8. The second-order valence-electron chi connectivity index (χ2n) is 24.5. The molecule has 0 atom stereocenters. The number of hydrogen-bond donors (Lipinski definition) is 0. The van der Waals surface area contributed by atoms with Gasteiger partial charge in [-0.1, -0.05) is 96.5 Å². The van der Waals surface area contributed by atoms with Gasteiger partial charge in [-0.3, -0.25) is 0 Å². The van der Waals surface area contributed by atoms with Gasteiger partial charge in [0, 0.05) is 65.6 Å². The van der Waals surface area contributed by atoms with E-state index < -0.39 is 21.1 Å². The van der Waals surface area contributed by atoms with Gasteiger partial charge in [0.05, 0.1) is 55.7 Å². The summed E-state index contributed by atoms with van der Waals surface area (Å²) in [7, 11) is -1.36. The van der Waals surface area contributed by atoms with E-state index in [4.69, 9.17) is 48.4 Å². The molecule has 80 heavy (non-hydrogen) atoms. The Bertz CT molecular complexity index is 4230. The second-order valence-corrected chi connectivity index (χ2v) is 25.0. The molecule has 3 aliphatic rings. The molecule has 12 aromatic rings. The average Bonchev–Trinajstić information content (AvgIpc) is 4.28. The molecule has 402 valence electrons. The monoisotopic (exact) mass is 1080 g/mol. The van der Waals surface area contributed by atoms with E-state index in [1.54, 1.807) is 0 Å². The Morgan fingerprint density at radius 1 is 0.312 bits per heavy atom. The standard InChI is InChI=1S/C30H26BNO3.C24H14ClNO.C12H24B2O4/c1-29(2)30(3,4)35-31(34-29)19-13-15-23-24-18-20(14-16-27(24)33-28(23)17-19)32-25-11-7-5-9-21(25)22-10-6-8-12-26(22)32;25-15-9-11-19-20-14-16(10-12-23(20)27-24(19)13-15)26-21-7-3-1-5-17(21)18-6-2-4-8-22(18)26;1-9(2)10(3,4)16-13(15-9)14-17-11(5,6)12(7,8)18-14/h5-18H,1-4H3;1-14H;1-8H3. The lowest BCUT2D eigenvalue weighted by atomic mass is 9.49. The Hall–Kier alpha value is -6.80. The average molecular weight is 1080 g/mol. The molecule has 0 radical (unpaired) electrons. The van der Waals surface area contributed by atoms with Gasteiger partial charge in [0.25, 0.3) is 0 Å². The summed E-state index contributed by atoms with van der Waals surface area (Å²) in [6.45, 7) is 24.5. The van der Waals surface area contributed by atoms with Gasteiger partial charge in [0.1, 0.15) is 22.3 Å². The Kier molecular flexibility index (Phi) is 12.2. The van der Waals surface area contributed by atoms with Gasteiger partial charge in [0.2, 0.25) is 0 Å².